The third-order valence-corrected chi connectivity index (χ3v) is 4.02. The first kappa shape index (κ1) is 12.1. The molecule has 0 N–H and O–H groups in total. The van der Waals surface area contributed by atoms with E-state index in [1.807, 2.05) is 34.5 Å². The van der Waals surface area contributed by atoms with E-state index < -0.39 is 0 Å². The summed E-state index contributed by atoms with van der Waals surface area (Å²) < 4.78 is 4.03. The van der Waals surface area contributed by atoms with Crippen LogP contribution in [0.25, 0.3) is 21.8 Å². The highest BCUT2D eigenvalue weighted by molar-refractivity contribution is 5.82. The molecule has 0 amide bonds. The summed E-state index contributed by atoms with van der Waals surface area (Å²) in [6.07, 6.45) is 0. The van der Waals surface area contributed by atoms with Crippen LogP contribution in [-0.4, -0.2) is 19.6 Å². The van der Waals surface area contributed by atoms with Crippen LogP contribution < -0.4 is 0 Å². The minimum atomic E-state index is 0.634. The minimum absolute atomic E-state index is 0.634. The first-order chi connectivity index (χ1) is 10.2. The Kier molecular flexibility index (Phi) is 2.57. The van der Waals surface area contributed by atoms with Crippen LogP contribution in [-0.2, 0) is 6.67 Å². The van der Waals surface area contributed by atoms with Crippen LogP contribution in [0, 0.1) is 13.8 Å². The van der Waals surface area contributed by atoms with E-state index in [9.17, 15) is 0 Å². The summed E-state index contributed by atoms with van der Waals surface area (Å²) in [6, 6.07) is 16.5. The second-order valence-electron chi connectivity index (χ2n) is 5.35. The lowest BCUT2D eigenvalue weighted by Gasteiger charge is -2.06. The van der Waals surface area contributed by atoms with Crippen molar-refractivity contribution >= 4 is 21.8 Å². The van der Waals surface area contributed by atoms with Gasteiger partial charge in [0.05, 0.1) is 16.7 Å². The highest BCUT2D eigenvalue weighted by atomic mass is 15.4. The van der Waals surface area contributed by atoms with Gasteiger partial charge in [-0.15, -0.1) is 0 Å². The topological polar surface area (TPSA) is 35.6 Å². The van der Waals surface area contributed by atoms with Crippen LogP contribution in [0.4, 0.5) is 0 Å². The van der Waals surface area contributed by atoms with E-state index in [1.54, 1.807) is 0 Å². The third-order valence-electron chi connectivity index (χ3n) is 4.02. The van der Waals surface area contributed by atoms with Gasteiger partial charge in [0.25, 0.3) is 0 Å². The Morgan fingerprint density at radius 1 is 0.810 bits per heavy atom. The normalized spacial score (nSPS) is 11.5. The van der Waals surface area contributed by atoms with E-state index in [0.717, 1.165) is 16.7 Å². The van der Waals surface area contributed by atoms with Crippen molar-refractivity contribution in [3.8, 4) is 0 Å². The zero-order chi connectivity index (χ0) is 14.4. The van der Waals surface area contributed by atoms with Crippen LogP contribution in [0.5, 0.6) is 0 Å². The number of hydrogen-bond donors (Lipinski definition) is 0. The number of hydrogen-bond acceptors (Lipinski definition) is 2. The monoisotopic (exact) mass is 276 g/mol. The molecule has 0 aliphatic carbocycles. The summed E-state index contributed by atoms with van der Waals surface area (Å²) in [7, 11) is 0. The first-order valence-electron chi connectivity index (χ1n) is 7.08. The summed E-state index contributed by atoms with van der Waals surface area (Å²) in [6.45, 7) is 4.79. The predicted octanol–water partition coefficient (Wildman–Crippen LogP) is 3.51. The first-order valence-corrected chi connectivity index (χ1v) is 7.08. The molecule has 2 aromatic carbocycles. The molecule has 0 saturated carbocycles. The van der Waals surface area contributed by atoms with Gasteiger partial charge in [-0.1, -0.05) is 36.4 Å². The molecule has 0 aliphatic rings. The Labute approximate surface area is 122 Å². The molecular formula is C17H16N4. The fourth-order valence-electron chi connectivity index (χ4n) is 2.88. The quantitative estimate of drug-likeness (QED) is 0.561. The number of para-hydroxylation sites is 1. The van der Waals surface area contributed by atoms with Crippen molar-refractivity contribution in [2.75, 3.05) is 0 Å². The van der Waals surface area contributed by atoms with Crippen molar-refractivity contribution in [2.24, 2.45) is 0 Å². The summed E-state index contributed by atoms with van der Waals surface area (Å²) in [5, 5.41) is 11.7. The van der Waals surface area contributed by atoms with E-state index in [4.69, 9.17) is 0 Å². The maximum atomic E-state index is 4.68. The molecule has 4 aromatic rings. The Morgan fingerprint density at radius 2 is 1.52 bits per heavy atom. The van der Waals surface area contributed by atoms with Gasteiger partial charge in [-0.2, -0.15) is 10.2 Å². The molecule has 0 spiro atoms. The van der Waals surface area contributed by atoms with E-state index in [2.05, 4.69) is 47.5 Å². The number of nitrogens with zero attached hydrogens (tertiary/aromatic N) is 4. The van der Waals surface area contributed by atoms with Gasteiger partial charge in [0.1, 0.15) is 6.67 Å². The molecule has 0 bridgehead atoms. The van der Waals surface area contributed by atoms with Crippen LogP contribution in [0.3, 0.4) is 0 Å². The van der Waals surface area contributed by atoms with Crippen molar-refractivity contribution in [3.05, 3.63) is 59.9 Å². The fourth-order valence-corrected chi connectivity index (χ4v) is 2.88. The molecule has 104 valence electrons. The molecule has 2 aromatic heterocycles. The molecular weight excluding hydrogens is 260 g/mol. The number of fused-ring (bicyclic) bond motifs is 2. The van der Waals surface area contributed by atoms with Gasteiger partial charge >= 0.3 is 0 Å². The average Bonchev–Trinajstić information content (AvgIpc) is 2.99. The molecule has 4 heteroatoms. The van der Waals surface area contributed by atoms with Crippen LogP contribution in [0.15, 0.2) is 48.5 Å². The molecule has 2 heterocycles. The minimum Gasteiger partial charge on any atom is -0.247 e. The maximum absolute atomic E-state index is 4.68. The lowest BCUT2D eigenvalue weighted by molar-refractivity contribution is 0.507. The molecule has 4 rings (SSSR count). The lowest BCUT2D eigenvalue weighted by Crippen LogP contribution is -2.12. The molecule has 0 fully saturated rings. The van der Waals surface area contributed by atoms with Gasteiger partial charge in [-0.25, -0.2) is 9.36 Å². The van der Waals surface area contributed by atoms with Crippen molar-refractivity contribution < 1.29 is 0 Å². The molecule has 0 atom stereocenters. The van der Waals surface area contributed by atoms with E-state index in [-0.39, 0.29) is 0 Å². The van der Waals surface area contributed by atoms with Gasteiger partial charge in [-0.05, 0) is 26.0 Å². The van der Waals surface area contributed by atoms with Crippen molar-refractivity contribution in [1.82, 2.24) is 19.6 Å². The summed E-state index contributed by atoms with van der Waals surface area (Å²) in [5.74, 6) is 0. The number of rotatable bonds is 2. The van der Waals surface area contributed by atoms with Crippen molar-refractivity contribution in [3.63, 3.8) is 0 Å². The molecule has 0 unspecified atom stereocenters. The highest BCUT2D eigenvalue weighted by Crippen LogP contribution is 2.20. The van der Waals surface area contributed by atoms with Crippen LogP contribution in [0.2, 0.25) is 0 Å². The van der Waals surface area contributed by atoms with Gasteiger partial charge in [0, 0.05) is 16.5 Å². The SMILES string of the molecule is Cc1nn(Cn2nc3ccccc3c2C)c2ccccc12. The summed E-state index contributed by atoms with van der Waals surface area (Å²) in [5.41, 5.74) is 4.40. The van der Waals surface area contributed by atoms with Gasteiger partial charge in [0.2, 0.25) is 0 Å². The fraction of sp³-hybridized carbons (Fsp3) is 0.176. The molecule has 4 nitrogen and oxygen atoms in total. The molecule has 21 heavy (non-hydrogen) atoms. The van der Waals surface area contributed by atoms with Crippen molar-refractivity contribution in [2.45, 2.75) is 20.5 Å². The number of aryl methyl sites for hydroxylation is 2. The Bertz CT molecular complexity index is 946. The third kappa shape index (κ3) is 1.83. The summed E-state index contributed by atoms with van der Waals surface area (Å²) in [4.78, 5) is 0. The number of benzene rings is 2. The molecule has 0 aliphatic heterocycles. The smallest absolute Gasteiger partial charge is 0.134 e. The predicted molar refractivity (Wildman–Crippen MR) is 84.3 cm³/mol. The van der Waals surface area contributed by atoms with Gasteiger partial charge in [0.15, 0.2) is 0 Å². The summed E-state index contributed by atoms with van der Waals surface area (Å²) >= 11 is 0. The van der Waals surface area contributed by atoms with Crippen LogP contribution >= 0.6 is 0 Å². The molecule has 0 saturated heterocycles. The van der Waals surface area contributed by atoms with Crippen molar-refractivity contribution in [1.29, 1.82) is 0 Å². The lowest BCUT2D eigenvalue weighted by atomic mass is 10.2. The van der Waals surface area contributed by atoms with Gasteiger partial charge < -0.3 is 0 Å². The van der Waals surface area contributed by atoms with E-state index in [1.165, 1.54) is 16.5 Å². The van der Waals surface area contributed by atoms with Gasteiger partial charge in [-0.3, -0.25) is 0 Å². The van der Waals surface area contributed by atoms with E-state index in [0.29, 0.717) is 6.67 Å². The second-order valence-corrected chi connectivity index (χ2v) is 5.35. The highest BCUT2D eigenvalue weighted by Gasteiger charge is 2.10. The van der Waals surface area contributed by atoms with E-state index >= 15 is 0 Å². The van der Waals surface area contributed by atoms with Crippen LogP contribution in [0.1, 0.15) is 11.4 Å². The zero-order valence-electron chi connectivity index (χ0n) is 12.1. The maximum Gasteiger partial charge on any atom is 0.134 e. The molecule has 0 radical (unpaired) electrons. The Balaban J connectivity index is 1.85. The standard InChI is InChI=1S/C17H16N4/c1-12-14-7-4-6-10-17(14)21(18-12)11-20-13(2)15-8-3-5-9-16(15)19-20/h3-10H,11H2,1-2H3. The zero-order valence-corrected chi connectivity index (χ0v) is 12.1. The number of aromatic nitrogens is 4. The Hall–Kier alpha value is -2.62. The largest absolute Gasteiger partial charge is 0.247 e. The second kappa shape index (κ2) is 4.45. The Morgan fingerprint density at radius 3 is 2.33 bits per heavy atom. The average molecular weight is 276 g/mol.